The van der Waals surface area contributed by atoms with Gasteiger partial charge in [0.1, 0.15) is 23.8 Å². The molecule has 0 aromatic heterocycles. The van der Waals surface area contributed by atoms with E-state index in [1.807, 2.05) is 0 Å². The molecule has 63 heavy (non-hydrogen) atoms. The van der Waals surface area contributed by atoms with Gasteiger partial charge in [-0.15, -0.1) is 0 Å². The van der Waals surface area contributed by atoms with Crippen LogP contribution in [-0.4, -0.2) is 51.5 Å². The quantitative estimate of drug-likeness (QED) is 0.0319. The molecule has 6 nitrogen and oxygen atoms in total. The molecule has 0 aliphatic rings. The van der Waals surface area contributed by atoms with Crippen LogP contribution in [0.1, 0.15) is 296 Å². The molecule has 6 heteroatoms. The van der Waals surface area contributed by atoms with Gasteiger partial charge >= 0.3 is 0 Å². The second-order valence-corrected chi connectivity index (χ2v) is 19.3. The average Bonchev–Trinajstić information content (AvgIpc) is 3.29. The summed E-state index contributed by atoms with van der Waals surface area (Å²) in [7, 11) is 0. The fourth-order valence-corrected chi connectivity index (χ4v) is 8.82. The number of unbranched alkanes of at least 4 members (excludes halogenated alkanes) is 35. The smallest absolute Gasteiger partial charge is 0.164 e. The lowest BCUT2D eigenvalue weighted by molar-refractivity contribution is -0.135. The van der Waals surface area contributed by atoms with Gasteiger partial charge in [-0.05, 0) is 77.0 Å². The van der Waals surface area contributed by atoms with Crippen LogP contribution in [-0.2, 0) is 14.4 Å². The lowest BCUT2D eigenvalue weighted by atomic mass is 9.87. The Morgan fingerprint density at radius 2 is 0.603 bits per heavy atom. The van der Waals surface area contributed by atoms with Gasteiger partial charge in [0.15, 0.2) is 5.78 Å². The predicted molar refractivity (Wildman–Crippen MR) is 270 cm³/mol. The van der Waals surface area contributed by atoms with Crippen molar-refractivity contribution in [2.45, 2.75) is 309 Å². The Kier molecular flexibility index (Phi) is 48.5. The van der Waals surface area contributed by atoms with E-state index in [-0.39, 0.29) is 29.7 Å². The summed E-state index contributed by atoms with van der Waals surface area (Å²) in [5, 5.41) is 27.9. The minimum absolute atomic E-state index is 0.218. The van der Waals surface area contributed by atoms with Gasteiger partial charge < -0.3 is 15.3 Å². The Bertz CT molecular complexity index is 999. The standard InChI is InChI=1S/C57H106O6/c1-3-5-7-9-11-13-15-17-19-24-28-32-36-40-44-48-53(59)52(54(60)49-45-41-37-33-29-25-20-18-16-14-12-10-8-6-4-2)47-43-39-35-31-27-23-21-22-26-30-34-38-42-46-50-55(61)57(63)56(62)51-58/h17-20,52,56-58,62-63H,3-16,21-51H2,1-2H3/b19-17-,20-18-. The Morgan fingerprint density at radius 1 is 0.349 bits per heavy atom. The number of rotatable bonds is 52. The van der Waals surface area contributed by atoms with Gasteiger partial charge in [-0.1, -0.05) is 224 Å². The van der Waals surface area contributed by atoms with Crippen LogP contribution in [0.4, 0.5) is 0 Å². The Hall–Kier alpha value is -1.63. The zero-order valence-electron chi connectivity index (χ0n) is 41.9. The normalized spacial score (nSPS) is 12.9. The highest BCUT2D eigenvalue weighted by atomic mass is 16.4. The molecule has 0 aliphatic heterocycles. The van der Waals surface area contributed by atoms with E-state index in [1.54, 1.807) is 0 Å². The van der Waals surface area contributed by atoms with Crippen LogP contribution in [0.25, 0.3) is 0 Å². The number of allylic oxidation sites excluding steroid dienone is 4. The van der Waals surface area contributed by atoms with Gasteiger partial charge in [0, 0.05) is 19.3 Å². The number of hydrogen-bond acceptors (Lipinski definition) is 6. The minimum atomic E-state index is -1.47. The number of carbonyl (C=O) groups excluding carboxylic acids is 3. The van der Waals surface area contributed by atoms with Gasteiger partial charge in [-0.3, -0.25) is 14.4 Å². The fourth-order valence-electron chi connectivity index (χ4n) is 8.82. The Labute approximate surface area is 391 Å². The predicted octanol–water partition coefficient (Wildman–Crippen LogP) is 16.3. The first-order chi connectivity index (χ1) is 30.9. The first-order valence-electron chi connectivity index (χ1n) is 27.7. The number of aliphatic hydroxyl groups excluding tert-OH is 3. The Morgan fingerprint density at radius 3 is 0.905 bits per heavy atom. The summed E-state index contributed by atoms with van der Waals surface area (Å²) < 4.78 is 0. The third-order valence-corrected chi connectivity index (χ3v) is 13.2. The van der Waals surface area contributed by atoms with Gasteiger partial charge in [-0.25, -0.2) is 0 Å². The van der Waals surface area contributed by atoms with Crippen LogP contribution in [0.2, 0.25) is 0 Å². The maximum Gasteiger partial charge on any atom is 0.164 e. The van der Waals surface area contributed by atoms with Crippen molar-refractivity contribution in [3.05, 3.63) is 24.3 Å². The molecule has 370 valence electrons. The largest absolute Gasteiger partial charge is 0.394 e. The van der Waals surface area contributed by atoms with E-state index in [0.717, 1.165) is 70.6 Å². The lowest BCUT2D eigenvalue weighted by Gasteiger charge is -2.15. The van der Waals surface area contributed by atoms with Gasteiger partial charge in [0.2, 0.25) is 0 Å². The number of carbonyl (C=O) groups is 3. The molecule has 0 heterocycles. The van der Waals surface area contributed by atoms with E-state index < -0.39 is 18.8 Å². The number of Topliss-reactive ketones (excluding diaryl/α,β-unsaturated/α-hetero) is 3. The summed E-state index contributed by atoms with van der Waals surface area (Å²) in [5.74, 6) is -0.324. The maximum atomic E-state index is 13.5. The molecule has 3 N–H and O–H groups in total. The summed E-state index contributed by atoms with van der Waals surface area (Å²) in [6.07, 6.45) is 57.2. The zero-order valence-corrected chi connectivity index (χ0v) is 41.9. The summed E-state index contributed by atoms with van der Waals surface area (Å²) in [6.45, 7) is 3.94. The highest BCUT2D eigenvalue weighted by Gasteiger charge is 2.25. The molecule has 0 rings (SSSR count). The van der Waals surface area contributed by atoms with Crippen LogP contribution in [0.3, 0.4) is 0 Å². The van der Waals surface area contributed by atoms with Gasteiger partial charge in [0.05, 0.1) is 12.5 Å². The maximum absolute atomic E-state index is 13.5. The summed E-state index contributed by atoms with van der Waals surface area (Å²) in [5.41, 5.74) is 0. The SMILES string of the molecule is CCCCCCCC/C=C\CCCCCCCC(=O)C(CCCCCCCCCCCCCCCCC(=O)C(O)C(O)CO)C(=O)CCCCCCC/C=C\CCCCCCCC. The average molecular weight is 887 g/mol. The molecular weight excluding hydrogens is 781 g/mol. The van der Waals surface area contributed by atoms with E-state index in [1.165, 1.54) is 193 Å². The monoisotopic (exact) mass is 887 g/mol. The van der Waals surface area contributed by atoms with E-state index in [9.17, 15) is 24.6 Å². The van der Waals surface area contributed by atoms with E-state index >= 15 is 0 Å². The van der Waals surface area contributed by atoms with Crippen molar-refractivity contribution in [3.63, 3.8) is 0 Å². The molecule has 0 aromatic rings. The van der Waals surface area contributed by atoms with E-state index in [0.29, 0.717) is 12.8 Å². The van der Waals surface area contributed by atoms with Crippen LogP contribution >= 0.6 is 0 Å². The van der Waals surface area contributed by atoms with Crippen molar-refractivity contribution in [2.75, 3.05) is 6.61 Å². The Balaban J connectivity index is 4.30. The minimum Gasteiger partial charge on any atom is -0.394 e. The van der Waals surface area contributed by atoms with Crippen molar-refractivity contribution in [1.29, 1.82) is 0 Å². The number of aliphatic hydroxyl groups is 3. The molecule has 0 spiro atoms. The van der Waals surface area contributed by atoms with Crippen LogP contribution < -0.4 is 0 Å². The molecule has 2 atom stereocenters. The van der Waals surface area contributed by atoms with E-state index in [2.05, 4.69) is 38.2 Å². The molecule has 0 radical (unpaired) electrons. The van der Waals surface area contributed by atoms with E-state index in [4.69, 9.17) is 5.11 Å². The lowest BCUT2D eigenvalue weighted by Crippen LogP contribution is -2.36. The van der Waals surface area contributed by atoms with Crippen molar-refractivity contribution in [1.82, 2.24) is 0 Å². The van der Waals surface area contributed by atoms with Gasteiger partial charge in [0.25, 0.3) is 0 Å². The topological polar surface area (TPSA) is 112 Å². The van der Waals surface area contributed by atoms with Crippen molar-refractivity contribution >= 4 is 17.3 Å². The summed E-state index contributed by atoms with van der Waals surface area (Å²) in [6, 6.07) is 0. The molecule has 0 aromatic carbocycles. The highest BCUT2D eigenvalue weighted by molar-refractivity contribution is 6.02. The molecule has 0 saturated carbocycles. The van der Waals surface area contributed by atoms with Crippen LogP contribution in [0.15, 0.2) is 24.3 Å². The molecule has 0 aliphatic carbocycles. The molecular formula is C57H106O6. The molecule has 0 fully saturated rings. The van der Waals surface area contributed by atoms with Crippen molar-refractivity contribution in [3.8, 4) is 0 Å². The third kappa shape index (κ3) is 42.7. The van der Waals surface area contributed by atoms with Crippen molar-refractivity contribution in [2.24, 2.45) is 5.92 Å². The zero-order chi connectivity index (χ0) is 46.1. The van der Waals surface area contributed by atoms with Crippen LogP contribution in [0, 0.1) is 5.92 Å². The van der Waals surface area contributed by atoms with Crippen molar-refractivity contribution < 1.29 is 29.7 Å². The highest BCUT2D eigenvalue weighted by Crippen LogP contribution is 2.22. The molecule has 0 saturated heterocycles. The second-order valence-electron chi connectivity index (χ2n) is 19.3. The molecule has 2 unspecified atom stereocenters. The summed E-state index contributed by atoms with van der Waals surface area (Å²) in [4.78, 5) is 38.8. The summed E-state index contributed by atoms with van der Waals surface area (Å²) >= 11 is 0. The number of hydrogen-bond donors (Lipinski definition) is 3. The number of ketones is 3. The third-order valence-electron chi connectivity index (χ3n) is 13.2. The van der Waals surface area contributed by atoms with Gasteiger partial charge in [-0.2, -0.15) is 0 Å². The molecule has 0 amide bonds. The fraction of sp³-hybridized carbons (Fsp3) is 0.877. The first-order valence-corrected chi connectivity index (χ1v) is 27.7. The second kappa shape index (κ2) is 49.8. The molecule has 0 bridgehead atoms. The van der Waals surface area contributed by atoms with Crippen LogP contribution in [0.5, 0.6) is 0 Å². The first kappa shape index (κ1) is 61.4.